The lowest BCUT2D eigenvalue weighted by molar-refractivity contribution is 0.0967. The minimum Gasteiger partial charge on any atom is -0.423 e. The number of hydrogen-bond acceptors (Lipinski definition) is 6. The van der Waals surface area contributed by atoms with E-state index in [0.29, 0.717) is 37.0 Å². The third-order valence-corrected chi connectivity index (χ3v) is 2.53. The van der Waals surface area contributed by atoms with Gasteiger partial charge in [-0.3, -0.25) is 0 Å². The van der Waals surface area contributed by atoms with E-state index >= 15 is 0 Å². The number of likely N-dealkylation sites (N-methyl/N-ethyl adjacent to an activating group) is 1. The van der Waals surface area contributed by atoms with Gasteiger partial charge in [-0.2, -0.15) is 4.98 Å². The van der Waals surface area contributed by atoms with E-state index in [1.54, 1.807) is 12.1 Å². The Kier molecular flexibility index (Phi) is 4.01. The number of anilines is 2. The van der Waals surface area contributed by atoms with Crippen LogP contribution in [0.25, 0.3) is 11.1 Å². The Labute approximate surface area is 105 Å². The average molecular weight is 251 g/mol. The highest BCUT2D eigenvalue weighted by molar-refractivity contribution is 5.78. The molecule has 0 saturated carbocycles. The van der Waals surface area contributed by atoms with Crippen molar-refractivity contribution < 1.29 is 14.3 Å². The molecule has 0 amide bonds. The third kappa shape index (κ3) is 2.91. The van der Waals surface area contributed by atoms with Gasteiger partial charge in [0, 0.05) is 25.3 Å². The van der Waals surface area contributed by atoms with Crippen LogP contribution in [0.4, 0.5) is 11.7 Å². The smallest absolute Gasteiger partial charge is 0.298 e. The molecule has 0 aliphatic carbocycles. The Bertz CT molecular complexity index is 512. The van der Waals surface area contributed by atoms with E-state index in [4.69, 9.17) is 20.0 Å². The Morgan fingerprint density at radius 1 is 1.44 bits per heavy atom. The molecule has 0 atom stereocenters. The molecule has 0 radical (unpaired) electrons. The van der Waals surface area contributed by atoms with Crippen LogP contribution in [0.1, 0.15) is 0 Å². The van der Waals surface area contributed by atoms with Gasteiger partial charge < -0.3 is 24.9 Å². The fourth-order valence-electron chi connectivity index (χ4n) is 1.56. The number of fused-ring (bicyclic) bond motifs is 1. The summed E-state index contributed by atoms with van der Waals surface area (Å²) in [6.45, 7) is 1.53. The van der Waals surface area contributed by atoms with E-state index in [1.807, 2.05) is 18.0 Å². The fraction of sp³-hybridized carbons (Fsp3) is 0.417. The first-order chi connectivity index (χ1) is 8.70. The summed E-state index contributed by atoms with van der Waals surface area (Å²) in [7, 11) is 1.87. The van der Waals surface area contributed by atoms with Crippen molar-refractivity contribution in [3.8, 4) is 0 Å². The predicted molar refractivity (Wildman–Crippen MR) is 69.6 cm³/mol. The number of ether oxygens (including phenoxy) is 1. The zero-order chi connectivity index (χ0) is 13.0. The van der Waals surface area contributed by atoms with Gasteiger partial charge in [0.2, 0.25) is 0 Å². The van der Waals surface area contributed by atoms with E-state index < -0.39 is 0 Å². The molecule has 0 bridgehead atoms. The first-order valence-corrected chi connectivity index (χ1v) is 5.76. The maximum atomic E-state index is 8.59. The van der Waals surface area contributed by atoms with Crippen LogP contribution in [-0.4, -0.2) is 43.5 Å². The van der Waals surface area contributed by atoms with Gasteiger partial charge in [0.15, 0.2) is 5.58 Å². The summed E-state index contributed by atoms with van der Waals surface area (Å²) in [5.74, 6) is 0. The Hall–Kier alpha value is -1.79. The molecule has 98 valence electrons. The van der Waals surface area contributed by atoms with Crippen molar-refractivity contribution in [1.29, 1.82) is 0 Å². The maximum absolute atomic E-state index is 8.59. The van der Waals surface area contributed by atoms with E-state index in [1.165, 1.54) is 0 Å². The molecular formula is C12H17N3O3. The molecule has 6 nitrogen and oxygen atoms in total. The summed E-state index contributed by atoms with van der Waals surface area (Å²) >= 11 is 0. The van der Waals surface area contributed by atoms with Crippen LogP contribution in [0, 0.1) is 0 Å². The average Bonchev–Trinajstić information content (AvgIpc) is 2.77. The number of hydrogen-bond donors (Lipinski definition) is 2. The highest BCUT2D eigenvalue weighted by Gasteiger charge is 2.10. The highest BCUT2D eigenvalue weighted by atomic mass is 16.5. The number of aromatic nitrogens is 1. The molecule has 1 aromatic carbocycles. The summed E-state index contributed by atoms with van der Waals surface area (Å²) in [5, 5.41) is 8.59. The molecule has 0 aliphatic rings. The predicted octanol–water partition coefficient (Wildman–Crippen LogP) is 0.855. The molecule has 0 saturated heterocycles. The second-order valence-electron chi connectivity index (χ2n) is 3.98. The van der Waals surface area contributed by atoms with Crippen molar-refractivity contribution in [2.24, 2.45) is 0 Å². The maximum Gasteiger partial charge on any atom is 0.298 e. The number of rotatable bonds is 6. The Balaban J connectivity index is 2.01. The minimum atomic E-state index is 0.0336. The molecule has 0 aliphatic heterocycles. The Morgan fingerprint density at radius 3 is 3.06 bits per heavy atom. The van der Waals surface area contributed by atoms with Crippen molar-refractivity contribution in [3.63, 3.8) is 0 Å². The number of nitrogens with two attached hydrogens (primary N) is 1. The van der Waals surface area contributed by atoms with Gasteiger partial charge >= 0.3 is 0 Å². The molecule has 3 N–H and O–H groups in total. The minimum absolute atomic E-state index is 0.0336. The second kappa shape index (κ2) is 5.70. The zero-order valence-corrected chi connectivity index (χ0v) is 10.3. The van der Waals surface area contributed by atoms with Gasteiger partial charge in [0.05, 0.1) is 19.8 Å². The van der Waals surface area contributed by atoms with Crippen molar-refractivity contribution in [2.45, 2.75) is 0 Å². The number of benzene rings is 1. The largest absolute Gasteiger partial charge is 0.423 e. The molecule has 6 heteroatoms. The normalized spacial score (nSPS) is 11.0. The topological polar surface area (TPSA) is 84.8 Å². The molecular weight excluding hydrogens is 234 g/mol. The number of nitrogen functional groups attached to an aromatic ring is 1. The molecule has 2 aromatic rings. The lowest BCUT2D eigenvalue weighted by atomic mass is 10.3. The van der Waals surface area contributed by atoms with Crippen LogP contribution >= 0.6 is 0 Å². The molecule has 0 unspecified atom stereocenters. The summed E-state index contributed by atoms with van der Waals surface area (Å²) in [6, 6.07) is 5.90. The van der Waals surface area contributed by atoms with Gasteiger partial charge in [0.1, 0.15) is 5.52 Å². The molecule has 0 fully saturated rings. The molecule has 0 spiro atoms. The van der Waals surface area contributed by atoms with Crippen molar-refractivity contribution >= 4 is 22.8 Å². The van der Waals surface area contributed by atoms with Gasteiger partial charge in [-0.05, 0) is 12.1 Å². The zero-order valence-electron chi connectivity index (χ0n) is 10.3. The van der Waals surface area contributed by atoms with E-state index in [0.717, 1.165) is 5.52 Å². The summed E-state index contributed by atoms with van der Waals surface area (Å²) in [4.78, 5) is 6.21. The van der Waals surface area contributed by atoms with E-state index in [-0.39, 0.29) is 6.61 Å². The lowest BCUT2D eigenvalue weighted by Crippen LogP contribution is -2.23. The van der Waals surface area contributed by atoms with Gasteiger partial charge in [-0.1, -0.05) is 0 Å². The number of nitrogens with zero attached hydrogens (tertiary/aromatic N) is 2. The van der Waals surface area contributed by atoms with Gasteiger partial charge in [-0.15, -0.1) is 0 Å². The fourth-order valence-corrected chi connectivity index (χ4v) is 1.56. The molecule has 1 heterocycles. The van der Waals surface area contributed by atoms with Gasteiger partial charge in [0.25, 0.3) is 6.01 Å². The van der Waals surface area contributed by atoms with Crippen molar-refractivity contribution in [1.82, 2.24) is 4.98 Å². The second-order valence-corrected chi connectivity index (χ2v) is 3.98. The molecule has 1 aromatic heterocycles. The molecule has 18 heavy (non-hydrogen) atoms. The van der Waals surface area contributed by atoms with E-state index in [9.17, 15) is 0 Å². The van der Waals surface area contributed by atoms with Crippen LogP contribution in [0.15, 0.2) is 22.6 Å². The third-order valence-electron chi connectivity index (χ3n) is 2.53. The van der Waals surface area contributed by atoms with Crippen LogP contribution < -0.4 is 10.6 Å². The van der Waals surface area contributed by atoms with Crippen molar-refractivity contribution in [3.05, 3.63) is 18.2 Å². The lowest BCUT2D eigenvalue weighted by Gasteiger charge is -2.13. The summed E-state index contributed by atoms with van der Waals surface area (Å²) in [5.41, 5.74) is 7.78. The van der Waals surface area contributed by atoms with Crippen LogP contribution in [0.2, 0.25) is 0 Å². The standard InChI is InChI=1S/C12H17N3O3/c1-15(4-6-17-7-5-16)12-14-10-3-2-9(13)8-11(10)18-12/h2-3,8,16H,4-7,13H2,1H3. The first-order valence-electron chi connectivity index (χ1n) is 5.76. The number of aliphatic hydroxyl groups is 1. The van der Waals surface area contributed by atoms with Crippen LogP contribution in [-0.2, 0) is 4.74 Å². The SMILES string of the molecule is CN(CCOCCO)c1nc2ccc(N)cc2o1. The summed E-state index contributed by atoms with van der Waals surface area (Å²) in [6.07, 6.45) is 0. The monoisotopic (exact) mass is 251 g/mol. The first kappa shape index (κ1) is 12.7. The number of oxazole rings is 1. The Morgan fingerprint density at radius 2 is 2.28 bits per heavy atom. The number of aliphatic hydroxyl groups excluding tert-OH is 1. The van der Waals surface area contributed by atoms with Crippen LogP contribution in [0.3, 0.4) is 0 Å². The van der Waals surface area contributed by atoms with E-state index in [2.05, 4.69) is 4.98 Å². The van der Waals surface area contributed by atoms with Crippen LogP contribution in [0.5, 0.6) is 0 Å². The van der Waals surface area contributed by atoms with Gasteiger partial charge in [-0.25, -0.2) is 0 Å². The van der Waals surface area contributed by atoms with Crippen molar-refractivity contribution in [2.75, 3.05) is 44.0 Å². The quantitative estimate of drug-likeness (QED) is 0.585. The molecule has 2 rings (SSSR count). The highest BCUT2D eigenvalue weighted by Crippen LogP contribution is 2.22. The summed E-state index contributed by atoms with van der Waals surface area (Å²) < 4.78 is 10.8.